The molecule has 0 atom stereocenters. The molecule has 0 radical (unpaired) electrons. The first-order valence-electron chi connectivity index (χ1n) is 6.15. The summed E-state index contributed by atoms with van der Waals surface area (Å²) in [4.78, 5) is 4.47. The first kappa shape index (κ1) is 14.8. The molecule has 20 heavy (non-hydrogen) atoms. The largest absolute Gasteiger partial charge is 0.362 e. The first-order chi connectivity index (χ1) is 9.41. The van der Waals surface area contributed by atoms with E-state index in [0.717, 1.165) is 22.9 Å². The molecule has 2 rings (SSSR count). The van der Waals surface area contributed by atoms with Gasteiger partial charge in [-0.3, -0.25) is 4.31 Å². The first-order valence-corrected chi connectivity index (χ1v) is 8.88. The number of nitrogens with one attached hydrogen (secondary N) is 1. The van der Waals surface area contributed by atoms with Gasteiger partial charge in [-0.2, -0.15) is 0 Å². The maximum Gasteiger partial charge on any atom is 0.231 e. The van der Waals surface area contributed by atoms with E-state index in [1.807, 2.05) is 24.4 Å². The number of anilines is 2. The highest BCUT2D eigenvalue weighted by molar-refractivity contribution is 7.92. The van der Waals surface area contributed by atoms with Gasteiger partial charge in [-0.15, -0.1) is 11.3 Å². The van der Waals surface area contributed by atoms with Crippen molar-refractivity contribution >= 4 is 32.2 Å². The van der Waals surface area contributed by atoms with Gasteiger partial charge in [0, 0.05) is 24.5 Å². The number of thiazole rings is 1. The summed E-state index contributed by atoms with van der Waals surface area (Å²) in [5.41, 5.74) is 2.49. The molecule has 0 bridgehead atoms. The molecule has 0 fully saturated rings. The molecule has 1 heterocycles. The number of rotatable bonds is 5. The summed E-state index contributed by atoms with van der Waals surface area (Å²) >= 11 is 1.56. The minimum Gasteiger partial charge on any atom is -0.362 e. The molecule has 2 aromatic rings. The third-order valence-electron chi connectivity index (χ3n) is 2.86. The highest BCUT2D eigenvalue weighted by Crippen LogP contribution is 2.27. The van der Waals surface area contributed by atoms with Crippen molar-refractivity contribution in [3.05, 3.63) is 29.6 Å². The van der Waals surface area contributed by atoms with Crippen LogP contribution < -0.4 is 9.62 Å². The highest BCUT2D eigenvalue weighted by atomic mass is 32.2. The Morgan fingerprint density at radius 3 is 2.50 bits per heavy atom. The zero-order valence-electron chi connectivity index (χ0n) is 11.6. The van der Waals surface area contributed by atoms with Crippen LogP contribution in [0.25, 0.3) is 11.3 Å². The Morgan fingerprint density at radius 2 is 1.95 bits per heavy atom. The topological polar surface area (TPSA) is 62.3 Å². The molecular weight excluding hydrogens is 294 g/mol. The number of benzene rings is 1. The summed E-state index contributed by atoms with van der Waals surface area (Å²) in [5.74, 6) is 0. The van der Waals surface area contributed by atoms with Crippen molar-refractivity contribution in [3.63, 3.8) is 0 Å². The second-order valence-electron chi connectivity index (χ2n) is 4.35. The second-order valence-corrected chi connectivity index (χ2v) is 7.22. The summed E-state index contributed by atoms with van der Waals surface area (Å²) in [7, 11) is -1.69. The molecule has 0 aliphatic rings. The Morgan fingerprint density at radius 1 is 1.30 bits per heavy atom. The van der Waals surface area contributed by atoms with Gasteiger partial charge in [0.05, 0.1) is 17.6 Å². The van der Waals surface area contributed by atoms with E-state index in [-0.39, 0.29) is 0 Å². The van der Waals surface area contributed by atoms with E-state index < -0.39 is 10.0 Å². The molecule has 1 aromatic heterocycles. The lowest BCUT2D eigenvalue weighted by atomic mass is 10.1. The van der Waals surface area contributed by atoms with Crippen LogP contribution in [0.3, 0.4) is 0 Å². The Kier molecular flexibility index (Phi) is 4.29. The van der Waals surface area contributed by atoms with Crippen molar-refractivity contribution in [2.24, 2.45) is 0 Å². The van der Waals surface area contributed by atoms with Crippen LogP contribution in [0.15, 0.2) is 29.6 Å². The van der Waals surface area contributed by atoms with Crippen LogP contribution in [-0.2, 0) is 10.0 Å². The smallest absolute Gasteiger partial charge is 0.231 e. The van der Waals surface area contributed by atoms with E-state index >= 15 is 0 Å². The van der Waals surface area contributed by atoms with Gasteiger partial charge in [0.25, 0.3) is 0 Å². The van der Waals surface area contributed by atoms with Gasteiger partial charge >= 0.3 is 0 Å². The molecule has 5 nitrogen and oxygen atoms in total. The van der Waals surface area contributed by atoms with Crippen LogP contribution in [0.4, 0.5) is 10.8 Å². The fourth-order valence-electron chi connectivity index (χ4n) is 1.67. The van der Waals surface area contributed by atoms with Crippen molar-refractivity contribution in [2.45, 2.75) is 6.92 Å². The number of sulfonamides is 1. The van der Waals surface area contributed by atoms with Crippen molar-refractivity contribution < 1.29 is 8.42 Å². The maximum absolute atomic E-state index is 11.5. The van der Waals surface area contributed by atoms with Crippen molar-refractivity contribution in [2.75, 3.05) is 29.5 Å². The summed E-state index contributed by atoms with van der Waals surface area (Å²) in [6, 6.07) is 7.31. The van der Waals surface area contributed by atoms with E-state index in [9.17, 15) is 8.42 Å². The number of nitrogens with zero attached hydrogens (tertiary/aromatic N) is 2. The van der Waals surface area contributed by atoms with Crippen molar-refractivity contribution in [3.8, 4) is 11.3 Å². The summed E-state index contributed by atoms with van der Waals surface area (Å²) < 4.78 is 24.2. The fourth-order valence-corrected chi connectivity index (χ4v) is 2.97. The normalized spacial score (nSPS) is 11.3. The van der Waals surface area contributed by atoms with Crippen LogP contribution in [0, 0.1) is 0 Å². The molecule has 1 N–H and O–H groups in total. The lowest BCUT2D eigenvalue weighted by Gasteiger charge is -2.16. The van der Waals surface area contributed by atoms with Crippen LogP contribution in [0.2, 0.25) is 0 Å². The molecule has 1 aromatic carbocycles. The van der Waals surface area contributed by atoms with Gasteiger partial charge in [0.2, 0.25) is 10.0 Å². The molecule has 0 aliphatic carbocycles. The third-order valence-corrected chi connectivity index (χ3v) is 4.86. The molecule has 0 spiro atoms. The monoisotopic (exact) mass is 311 g/mol. The molecule has 0 saturated heterocycles. The Hall–Kier alpha value is -1.60. The minimum atomic E-state index is -3.23. The molecule has 0 amide bonds. The van der Waals surface area contributed by atoms with Gasteiger partial charge < -0.3 is 5.32 Å². The van der Waals surface area contributed by atoms with Crippen molar-refractivity contribution in [1.82, 2.24) is 4.98 Å². The quantitative estimate of drug-likeness (QED) is 0.922. The third kappa shape index (κ3) is 3.29. The van der Waals surface area contributed by atoms with Crippen LogP contribution >= 0.6 is 11.3 Å². The standard InChI is InChI=1S/C13H17N3O2S2/c1-4-14-13-15-12(9-19-13)10-5-7-11(8-6-10)16(2)20(3,17)18/h5-9H,4H2,1-3H3,(H,14,15). The highest BCUT2D eigenvalue weighted by Gasteiger charge is 2.12. The molecule has 108 valence electrons. The van der Waals surface area contributed by atoms with E-state index in [1.54, 1.807) is 23.5 Å². The number of hydrogen-bond donors (Lipinski definition) is 1. The van der Waals surface area contributed by atoms with E-state index in [1.165, 1.54) is 17.6 Å². The van der Waals surface area contributed by atoms with Crippen LogP contribution in [0.1, 0.15) is 6.92 Å². The maximum atomic E-state index is 11.5. The molecule has 0 aliphatic heterocycles. The average molecular weight is 311 g/mol. The van der Waals surface area contributed by atoms with Gasteiger partial charge in [-0.25, -0.2) is 13.4 Å². The molecular formula is C13H17N3O2S2. The predicted octanol–water partition coefficient (Wildman–Crippen LogP) is 2.64. The second kappa shape index (κ2) is 5.80. The van der Waals surface area contributed by atoms with Crippen LogP contribution in [-0.4, -0.2) is 33.2 Å². The Balaban J connectivity index is 2.23. The predicted molar refractivity (Wildman–Crippen MR) is 85.0 cm³/mol. The zero-order chi connectivity index (χ0) is 14.8. The van der Waals surface area contributed by atoms with E-state index in [2.05, 4.69) is 10.3 Å². The lowest BCUT2D eigenvalue weighted by Crippen LogP contribution is -2.24. The lowest BCUT2D eigenvalue weighted by molar-refractivity contribution is 0.600. The summed E-state index contributed by atoms with van der Waals surface area (Å²) in [5, 5.41) is 6.04. The molecule has 0 saturated carbocycles. The van der Waals surface area contributed by atoms with Gasteiger partial charge in [-0.1, -0.05) is 12.1 Å². The SMILES string of the molecule is CCNc1nc(-c2ccc(N(C)S(C)(=O)=O)cc2)cs1. The van der Waals surface area contributed by atoms with E-state index in [4.69, 9.17) is 0 Å². The van der Waals surface area contributed by atoms with Gasteiger partial charge in [0.1, 0.15) is 0 Å². The Bertz CT molecular complexity index is 678. The number of hydrogen-bond acceptors (Lipinski definition) is 5. The number of aromatic nitrogens is 1. The summed E-state index contributed by atoms with van der Waals surface area (Å²) in [6.45, 7) is 2.86. The Labute approximate surface area is 123 Å². The van der Waals surface area contributed by atoms with Crippen LogP contribution in [0.5, 0.6) is 0 Å². The summed E-state index contributed by atoms with van der Waals surface area (Å²) in [6.07, 6.45) is 1.18. The average Bonchev–Trinajstić information content (AvgIpc) is 2.86. The van der Waals surface area contributed by atoms with Gasteiger partial charge in [0.15, 0.2) is 5.13 Å². The molecule has 7 heteroatoms. The fraction of sp³-hybridized carbons (Fsp3) is 0.308. The minimum absolute atomic E-state index is 0.637. The van der Waals surface area contributed by atoms with E-state index in [0.29, 0.717) is 5.69 Å². The van der Waals surface area contributed by atoms with Gasteiger partial charge in [-0.05, 0) is 19.1 Å². The zero-order valence-corrected chi connectivity index (χ0v) is 13.3. The van der Waals surface area contributed by atoms with Crippen molar-refractivity contribution in [1.29, 1.82) is 0 Å². The molecule has 0 unspecified atom stereocenters.